The molecule has 5 N–H and O–H groups in total. The Morgan fingerprint density at radius 1 is 1.62 bits per heavy atom. The molecule has 6 heteroatoms. The molecular weight excluding hydrogens is 176 g/mol. The van der Waals surface area contributed by atoms with Gasteiger partial charge in [0.1, 0.15) is 0 Å². The standard InChI is InChI=1S/C7H12N2O4/c1-2-3-4(9-7(12)13)5(10)6(8)11/h2,4-5,9-10H,1,3H2,(H2,8,11)(H,12,13). The summed E-state index contributed by atoms with van der Waals surface area (Å²) in [6, 6.07) is -0.938. The molecule has 0 spiro atoms. The minimum Gasteiger partial charge on any atom is -0.465 e. The van der Waals surface area contributed by atoms with E-state index in [9.17, 15) is 9.59 Å². The molecular formula is C7H12N2O4. The van der Waals surface area contributed by atoms with Gasteiger partial charge in [-0.05, 0) is 6.42 Å². The zero-order valence-electron chi connectivity index (χ0n) is 6.93. The fourth-order valence-corrected chi connectivity index (χ4v) is 0.803. The van der Waals surface area contributed by atoms with Gasteiger partial charge in [-0.25, -0.2) is 4.79 Å². The van der Waals surface area contributed by atoms with Crippen LogP contribution in [-0.2, 0) is 4.79 Å². The molecule has 13 heavy (non-hydrogen) atoms. The van der Waals surface area contributed by atoms with E-state index in [1.807, 2.05) is 5.32 Å². The molecule has 0 aromatic heterocycles. The summed E-state index contributed by atoms with van der Waals surface area (Å²) in [4.78, 5) is 20.7. The van der Waals surface area contributed by atoms with Gasteiger partial charge in [0.05, 0.1) is 6.04 Å². The minimum absolute atomic E-state index is 0.135. The summed E-state index contributed by atoms with van der Waals surface area (Å²) in [7, 11) is 0. The molecule has 0 aromatic carbocycles. The molecule has 2 atom stereocenters. The van der Waals surface area contributed by atoms with Crippen LogP contribution in [0.4, 0.5) is 4.79 Å². The van der Waals surface area contributed by atoms with Crippen LogP contribution in [0.5, 0.6) is 0 Å². The smallest absolute Gasteiger partial charge is 0.404 e. The highest BCUT2D eigenvalue weighted by Crippen LogP contribution is 1.99. The van der Waals surface area contributed by atoms with Crippen molar-refractivity contribution in [1.29, 1.82) is 0 Å². The van der Waals surface area contributed by atoms with Gasteiger partial charge in [-0.15, -0.1) is 6.58 Å². The Labute approximate surface area is 75.0 Å². The molecule has 0 fully saturated rings. The number of hydrogen-bond donors (Lipinski definition) is 4. The second-order valence-electron chi connectivity index (χ2n) is 2.43. The summed E-state index contributed by atoms with van der Waals surface area (Å²) in [5.41, 5.74) is 4.79. The summed E-state index contributed by atoms with van der Waals surface area (Å²) in [6.45, 7) is 3.35. The van der Waals surface area contributed by atoms with Crippen LogP contribution in [0.25, 0.3) is 0 Å². The molecule has 2 unspecified atom stereocenters. The van der Waals surface area contributed by atoms with Crippen molar-refractivity contribution in [2.24, 2.45) is 5.73 Å². The Kier molecular flexibility index (Phi) is 4.53. The quantitative estimate of drug-likeness (QED) is 0.416. The number of carbonyl (C=O) groups excluding carboxylic acids is 1. The summed E-state index contributed by atoms with van der Waals surface area (Å²) in [5.74, 6) is -0.972. The lowest BCUT2D eigenvalue weighted by molar-refractivity contribution is -0.127. The number of carbonyl (C=O) groups is 2. The number of carboxylic acid groups (broad SMARTS) is 1. The first-order valence-corrected chi connectivity index (χ1v) is 3.56. The number of amides is 2. The molecule has 0 aromatic rings. The van der Waals surface area contributed by atoms with Crippen molar-refractivity contribution in [2.75, 3.05) is 0 Å². The number of aliphatic hydroxyl groups excluding tert-OH is 1. The Hall–Kier alpha value is -1.56. The Bertz CT molecular complexity index is 217. The molecule has 0 aliphatic heterocycles. The predicted octanol–water partition coefficient (Wildman–Crippen LogP) is -0.955. The predicted molar refractivity (Wildman–Crippen MR) is 45.0 cm³/mol. The van der Waals surface area contributed by atoms with Crippen molar-refractivity contribution in [1.82, 2.24) is 5.32 Å². The third-order valence-electron chi connectivity index (χ3n) is 1.40. The molecule has 0 bridgehead atoms. The van der Waals surface area contributed by atoms with Crippen LogP contribution in [0, 0.1) is 0 Å². The van der Waals surface area contributed by atoms with Gasteiger partial charge in [0.25, 0.3) is 0 Å². The van der Waals surface area contributed by atoms with E-state index in [0.717, 1.165) is 0 Å². The van der Waals surface area contributed by atoms with Crippen LogP contribution in [0.2, 0.25) is 0 Å². The molecule has 0 radical (unpaired) electrons. The third kappa shape index (κ3) is 4.12. The van der Waals surface area contributed by atoms with E-state index in [4.69, 9.17) is 15.9 Å². The van der Waals surface area contributed by atoms with Crippen molar-refractivity contribution < 1.29 is 19.8 Å². The summed E-state index contributed by atoms with van der Waals surface area (Å²) in [5, 5.41) is 19.4. The number of nitrogens with two attached hydrogens (primary N) is 1. The average Bonchev–Trinajstić information content (AvgIpc) is 2.01. The number of rotatable bonds is 5. The molecule has 74 valence electrons. The van der Waals surface area contributed by atoms with E-state index in [1.54, 1.807) is 0 Å². The van der Waals surface area contributed by atoms with Crippen LogP contribution in [0.15, 0.2) is 12.7 Å². The number of hydrogen-bond acceptors (Lipinski definition) is 3. The van der Waals surface area contributed by atoms with E-state index in [-0.39, 0.29) is 6.42 Å². The van der Waals surface area contributed by atoms with Crippen LogP contribution in [-0.4, -0.2) is 34.4 Å². The van der Waals surface area contributed by atoms with E-state index in [2.05, 4.69) is 6.58 Å². The first kappa shape index (κ1) is 11.4. The van der Waals surface area contributed by atoms with E-state index in [0.29, 0.717) is 0 Å². The fourth-order valence-electron chi connectivity index (χ4n) is 0.803. The molecule has 0 saturated carbocycles. The van der Waals surface area contributed by atoms with Gasteiger partial charge in [0, 0.05) is 0 Å². The first-order chi connectivity index (χ1) is 5.99. The monoisotopic (exact) mass is 188 g/mol. The highest BCUT2D eigenvalue weighted by Gasteiger charge is 2.24. The molecule has 0 aliphatic rings. The number of nitrogens with one attached hydrogen (secondary N) is 1. The van der Waals surface area contributed by atoms with E-state index < -0.39 is 24.1 Å². The largest absolute Gasteiger partial charge is 0.465 e. The maximum atomic E-state index is 10.5. The summed E-state index contributed by atoms with van der Waals surface area (Å²) in [6.07, 6.45) is -1.34. The lowest BCUT2D eigenvalue weighted by Gasteiger charge is -2.18. The van der Waals surface area contributed by atoms with Gasteiger partial charge in [0.2, 0.25) is 5.91 Å². The van der Waals surface area contributed by atoms with Gasteiger partial charge < -0.3 is 21.3 Å². The van der Waals surface area contributed by atoms with Crippen molar-refractivity contribution in [3.63, 3.8) is 0 Å². The Morgan fingerprint density at radius 2 is 2.15 bits per heavy atom. The van der Waals surface area contributed by atoms with Gasteiger partial charge in [-0.2, -0.15) is 0 Å². The first-order valence-electron chi connectivity index (χ1n) is 3.56. The Balaban J connectivity index is 4.30. The number of primary amides is 1. The van der Waals surface area contributed by atoms with Crippen molar-refractivity contribution in [2.45, 2.75) is 18.6 Å². The SMILES string of the molecule is C=CCC(NC(=O)O)C(O)C(N)=O. The van der Waals surface area contributed by atoms with Crippen molar-refractivity contribution >= 4 is 12.0 Å². The Morgan fingerprint density at radius 3 is 2.46 bits per heavy atom. The van der Waals surface area contributed by atoms with Crippen molar-refractivity contribution in [3.05, 3.63) is 12.7 Å². The third-order valence-corrected chi connectivity index (χ3v) is 1.40. The van der Waals surface area contributed by atoms with E-state index in [1.165, 1.54) is 6.08 Å². The van der Waals surface area contributed by atoms with Gasteiger partial charge >= 0.3 is 6.09 Å². The second kappa shape index (κ2) is 5.15. The molecule has 0 heterocycles. The molecule has 0 aliphatic carbocycles. The van der Waals surface area contributed by atoms with Crippen LogP contribution < -0.4 is 11.1 Å². The van der Waals surface area contributed by atoms with Crippen LogP contribution >= 0.6 is 0 Å². The zero-order valence-corrected chi connectivity index (χ0v) is 6.93. The molecule has 0 rings (SSSR count). The lowest BCUT2D eigenvalue weighted by atomic mass is 10.1. The second-order valence-corrected chi connectivity index (χ2v) is 2.43. The fraction of sp³-hybridized carbons (Fsp3) is 0.429. The highest BCUT2D eigenvalue weighted by molar-refractivity contribution is 5.80. The normalized spacial score (nSPS) is 14.2. The topological polar surface area (TPSA) is 113 Å². The minimum atomic E-state index is -1.53. The molecule has 0 saturated heterocycles. The maximum absolute atomic E-state index is 10.5. The van der Waals surface area contributed by atoms with Gasteiger partial charge in [0.15, 0.2) is 6.10 Å². The number of aliphatic hydroxyl groups is 1. The van der Waals surface area contributed by atoms with Crippen LogP contribution in [0.1, 0.15) is 6.42 Å². The maximum Gasteiger partial charge on any atom is 0.404 e. The van der Waals surface area contributed by atoms with Gasteiger partial charge in [-0.3, -0.25) is 4.79 Å². The van der Waals surface area contributed by atoms with E-state index >= 15 is 0 Å². The highest BCUT2D eigenvalue weighted by atomic mass is 16.4. The lowest BCUT2D eigenvalue weighted by Crippen LogP contribution is -2.48. The van der Waals surface area contributed by atoms with Gasteiger partial charge in [-0.1, -0.05) is 6.08 Å². The molecule has 2 amide bonds. The van der Waals surface area contributed by atoms with Crippen LogP contribution in [0.3, 0.4) is 0 Å². The summed E-state index contributed by atoms with van der Waals surface area (Å²) < 4.78 is 0. The van der Waals surface area contributed by atoms with Crippen molar-refractivity contribution in [3.8, 4) is 0 Å². The zero-order chi connectivity index (χ0) is 10.4. The molecule has 6 nitrogen and oxygen atoms in total. The summed E-state index contributed by atoms with van der Waals surface area (Å²) >= 11 is 0. The average molecular weight is 188 g/mol.